The van der Waals surface area contributed by atoms with Gasteiger partial charge in [-0.3, -0.25) is 9.59 Å². The van der Waals surface area contributed by atoms with Gasteiger partial charge in [-0.05, 0) is 31.9 Å². The Morgan fingerprint density at radius 3 is 3.24 bits per heavy atom. The second-order valence-electron chi connectivity index (χ2n) is 5.28. The van der Waals surface area contributed by atoms with Crippen molar-refractivity contribution in [2.45, 2.75) is 31.5 Å². The molecule has 1 aromatic rings. The Hall–Kier alpha value is -2.15. The Balaban J connectivity index is 1.70. The van der Waals surface area contributed by atoms with Gasteiger partial charge in [0.2, 0.25) is 0 Å². The molecule has 0 aliphatic carbocycles. The average Bonchev–Trinajstić information content (AvgIpc) is 2.99. The van der Waals surface area contributed by atoms with Gasteiger partial charge in [0.25, 0.3) is 17.4 Å². The summed E-state index contributed by atoms with van der Waals surface area (Å²) < 4.78 is 11.0. The molecule has 2 aliphatic heterocycles. The van der Waals surface area contributed by atoms with Crippen LogP contribution in [0.15, 0.2) is 18.3 Å². The van der Waals surface area contributed by atoms with Crippen LogP contribution in [0.1, 0.15) is 19.8 Å². The molecule has 7 nitrogen and oxygen atoms in total. The molecule has 21 heavy (non-hydrogen) atoms. The van der Waals surface area contributed by atoms with Crippen molar-refractivity contribution >= 4 is 17.6 Å². The molecule has 0 spiro atoms. The largest absolute Gasteiger partial charge is 0.464 e. The third-order valence-electron chi connectivity index (χ3n) is 3.70. The molecule has 3 rings (SSSR count). The smallest absolute Gasteiger partial charge is 0.279 e. The first-order valence-corrected chi connectivity index (χ1v) is 6.95. The molecule has 2 N–H and O–H groups in total. The number of nitrogens with one attached hydrogen (secondary N) is 2. The predicted molar refractivity (Wildman–Crippen MR) is 73.9 cm³/mol. The van der Waals surface area contributed by atoms with Crippen molar-refractivity contribution in [3.05, 3.63) is 18.3 Å². The summed E-state index contributed by atoms with van der Waals surface area (Å²) >= 11 is 0. The van der Waals surface area contributed by atoms with E-state index in [2.05, 4.69) is 15.6 Å². The normalized spacial score (nSPS) is 27.5. The highest BCUT2D eigenvalue weighted by atomic mass is 16.5. The lowest BCUT2D eigenvalue weighted by Gasteiger charge is -2.32. The second-order valence-corrected chi connectivity index (χ2v) is 5.28. The number of hydrogen-bond acceptors (Lipinski definition) is 5. The number of carbonyl (C=O) groups is 2. The van der Waals surface area contributed by atoms with Gasteiger partial charge in [0, 0.05) is 19.3 Å². The third kappa shape index (κ3) is 2.56. The van der Waals surface area contributed by atoms with E-state index in [-0.39, 0.29) is 6.10 Å². The van der Waals surface area contributed by atoms with E-state index in [1.807, 2.05) is 0 Å². The second kappa shape index (κ2) is 5.33. The summed E-state index contributed by atoms with van der Waals surface area (Å²) in [4.78, 5) is 28.5. The fourth-order valence-electron chi connectivity index (χ4n) is 2.39. The molecule has 2 amide bonds. The lowest BCUT2D eigenvalue weighted by molar-refractivity contribution is -0.147. The fraction of sp³-hybridized carbons (Fsp3) is 0.500. The molecule has 2 aliphatic rings. The van der Waals surface area contributed by atoms with Crippen molar-refractivity contribution in [3.8, 4) is 5.75 Å². The zero-order chi connectivity index (χ0) is 14.9. The van der Waals surface area contributed by atoms with Crippen LogP contribution in [-0.4, -0.2) is 41.7 Å². The SMILES string of the molecule is C[C@@]1(C(=O)NC[C@@H]2CCCO2)Oc2cccnc2NC1=O. The minimum Gasteiger partial charge on any atom is -0.464 e. The molecule has 2 atom stereocenters. The van der Waals surface area contributed by atoms with Crippen LogP contribution in [0, 0.1) is 0 Å². The Morgan fingerprint density at radius 1 is 1.62 bits per heavy atom. The van der Waals surface area contributed by atoms with E-state index in [9.17, 15) is 9.59 Å². The molecule has 3 heterocycles. The number of ether oxygens (including phenoxy) is 2. The summed E-state index contributed by atoms with van der Waals surface area (Å²) in [5.41, 5.74) is -1.60. The first-order chi connectivity index (χ1) is 10.1. The monoisotopic (exact) mass is 291 g/mol. The summed E-state index contributed by atoms with van der Waals surface area (Å²) in [6.45, 7) is 2.54. The molecule has 0 saturated carbocycles. The lowest BCUT2D eigenvalue weighted by atomic mass is 10.0. The van der Waals surface area contributed by atoms with Gasteiger partial charge in [-0.25, -0.2) is 4.98 Å². The van der Waals surface area contributed by atoms with Crippen LogP contribution in [0.3, 0.4) is 0 Å². The average molecular weight is 291 g/mol. The Morgan fingerprint density at radius 2 is 2.48 bits per heavy atom. The highest BCUT2D eigenvalue weighted by molar-refractivity contribution is 6.15. The number of hydrogen-bond donors (Lipinski definition) is 2. The van der Waals surface area contributed by atoms with Gasteiger partial charge in [0.05, 0.1) is 6.10 Å². The molecule has 0 bridgehead atoms. The van der Waals surface area contributed by atoms with Crippen LogP contribution in [0.25, 0.3) is 0 Å². The number of pyridine rings is 1. The van der Waals surface area contributed by atoms with Gasteiger partial charge in [0.15, 0.2) is 11.6 Å². The van der Waals surface area contributed by atoms with Gasteiger partial charge >= 0.3 is 0 Å². The molecule has 7 heteroatoms. The van der Waals surface area contributed by atoms with Gasteiger partial charge in [-0.2, -0.15) is 0 Å². The standard InChI is InChI=1S/C14H17N3O4/c1-14(12(18)16-8-9-4-3-7-20-9)13(19)17-11-10(21-14)5-2-6-15-11/h2,5-6,9H,3-4,7-8H2,1H3,(H,16,18)(H,15,17,19)/t9-,14-/m0/s1. The Bertz CT molecular complexity index is 571. The number of aromatic nitrogens is 1. The van der Waals surface area contributed by atoms with Crippen molar-refractivity contribution in [1.29, 1.82) is 0 Å². The minimum atomic E-state index is -1.60. The predicted octanol–water partition coefficient (Wildman–Crippen LogP) is 0.466. The zero-order valence-electron chi connectivity index (χ0n) is 11.7. The summed E-state index contributed by atoms with van der Waals surface area (Å²) in [6, 6.07) is 3.34. The van der Waals surface area contributed by atoms with Crippen molar-refractivity contribution in [2.75, 3.05) is 18.5 Å². The lowest BCUT2D eigenvalue weighted by Crippen LogP contribution is -2.59. The number of rotatable bonds is 3. The molecule has 0 aromatic carbocycles. The van der Waals surface area contributed by atoms with Crippen LogP contribution in [0.4, 0.5) is 5.82 Å². The number of nitrogens with zero attached hydrogens (tertiary/aromatic N) is 1. The summed E-state index contributed by atoms with van der Waals surface area (Å²) in [6.07, 6.45) is 3.46. The maximum Gasteiger partial charge on any atom is 0.279 e. The summed E-state index contributed by atoms with van der Waals surface area (Å²) in [7, 11) is 0. The number of amides is 2. The fourth-order valence-corrected chi connectivity index (χ4v) is 2.39. The van der Waals surface area contributed by atoms with Gasteiger partial charge in [0.1, 0.15) is 0 Å². The maximum absolute atomic E-state index is 12.3. The molecule has 1 saturated heterocycles. The zero-order valence-corrected chi connectivity index (χ0v) is 11.7. The van der Waals surface area contributed by atoms with E-state index in [1.54, 1.807) is 18.3 Å². The highest BCUT2D eigenvalue weighted by Crippen LogP contribution is 2.31. The van der Waals surface area contributed by atoms with E-state index in [0.717, 1.165) is 12.8 Å². The molecule has 0 unspecified atom stereocenters. The number of anilines is 1. The molecule has 112 valence electrons. The van der Waals surface area contributed by atoms with Gasteiger partial charge in [-0.1, -0.05) is 0 Å². The van der Waals surface area contributed by atoms with Crippen molar-refractivity contribution < 1.29 is 19.1 Å². The van der Waals surface area contributed by atoms with Crippen LogP contribution in [0.2, 0.25) is 0 Å². The molecule has 1 fully saturated rings. The third-order valence-corrected chi connectivity index (χ3v) is 3.70. The first-order valence-electron chi connectivity index (χ1n) is 6.95. The number of carbonyl (C=O) groups excluding carboxylic acids is 2. The Kier molecular flexibility index (Phi) is 3.50. The minimum absolute atomic E-state index is 0.0122. The van der Waals surface area contributed by atoms with Crippen molar-refractivity contribution in [3.63, 3.8) is 0 Å². The van der Waals surface area contributed by atoms with Crippen LogP contribution in [-0.2, 0) is 14.3 Å². The van der Waals surface area contributed by atoms with E-state index in [1.165, 1.54) is 6.92 Å². The van der Waals surface area contributed by atoms with Gasteiger partial charge in [-0.15, -0.1) is 0 Å². The molecule has 0 radical (unpaired) electrons. The van der Waals surface area contributed by atoms with E-state index >= 15 is 0 Å². The number of fused-ring (bicyclic) bond motifs is 1. The molecular weight excluding hydrogens is 274 g/mol. The van der Waals surface area contributed by atoms with Crippen LogP contribution >= 0.6 is 0 Å². The van der Waals surface area contributed by atoms with Crippen LogP contribution < -0.4 is 15.4 Å². The summed E-state index contributed by atoms with van der Waals surface area (Å²) in [5.74, 6) is -0.303. The molecular formula is C14H17N3O4. The highest BCUT2D eigenvalue weighted by Gasteiger charge is 2.47. The van der Waals surface area contributed by atoms with E-state index in [4.69, 9.17) is 9.47 Å². The van der Waals surface area contributed by atoms with Crippen molar-refractivity contribution in [2.24, 2.45) is 0 Å². The van der Waals surface area contributed by atoms with Crippen molar-refractivity contribution in [1.82, 2.24) is 10.3 Å². The van der Waals surface area contributed by atoms with E-state index < -0.39 is 17.4 Å². The molecule has 1 aromatic heterocycles. The van der Waals surface area contributed by atoms with Gasteiger partial charge < -0.3 is 20.1 Å². The maximum atomic E-state index is 12.3. The summed E-state index contributed by atoms with van der Waals surface area (Å²) in [5, 5.41) is 5.32. The van der Waals surface area contributed by atoms with Crippen LogP contribution in [0.5, 0.6) is 5.75 Å². The first kappa shape index (κ1) is 13.8. The quantitative estimate of drug-likeness (QED) is 0.790. The van der Waals surface area contributed by atoms with E-state index in [0.29, 0.717) is 24.7 Å². The Labute approximate surface area is 122 Å². The topological polar surface area (TPSA) is 89.6 Å².